The fourth-order valence-corrected chi connectivity index (χ4v) is 3.41. The zero-order valence-electron chi connectivity index (χ0n) is 17.6. The number of amides is 3. The molecule has 1 aliphatic heterocycles. The van der Waals surface area contributed by atoms with Crippen molar-refractivity contribution in [2.24, 2.45) is 0 Å². The number of carbonyl (C=O) groups is 3. The van der Waals surface area contributed by atoms with Gasteiger partial charge in [0.05, 0.1) is 12.2 Å². The summed E-state index contributed by atoms with van der Waals surface area (Å²) in [4.78, 5) is 38.4. The summed E-state index contributed by atoms with van der Waals surface area (Å²) < 4.78 is 0. The highest BCUT2D eigenvalue weighted by atomic mass is 16.2. The van der Waals surface area contributed by atoms with E-state index in [1.54, 1.807) is 17.9 Å². The lowest BCUT2D eigenvalue weighted by Crippen LogP contribution is -2.37. The first kappa shape index (κ1) is 22.0. The first-order valence-corrected chi connectivity index (χ1v) is 10.4. The van der Waals surface area contributed by atoms with Gasteiger partial charge in [0.1, 0.15) is 6.42 Å². The van der Waals surface area contributed by atoms with Crippen LogP contribution in [0.2, 0.25) is 0 Å². The third-order valence-electron chi connectivity index (χ3n) is 4.96. The van der Waals surface area contributed by atoms with Crippen LogP contribution in [0.5, 0.6) is 0 Å². The van der Waals surface area contributed by atoms with Gasteiger partial charge in [-0.2, -0.15) is 0 Å². The molecule has 31 heavy (non-hydrogen) atoms. The van der Waals surface area contributed by atoms with Gasteiger partial charge in [0.2, 0.25) is 17.7 Å². The number of para-hydroxylation sites is 1. The van der Waals surface area contributed by atoms with Crippen LogP contribution in [0.1, 0.15) is 36.5 Å². The zero-order valence-corrected chi connectivity index (χ0v) is 17.6. The highest BCUT2D eigenvalue weighted by Gasteiger charge is 2.22. The fourth-order valence-electron chi connectivity index (χ4n) is 3.41. The lowest BCUT2D eigenvalue weighted by Gasteiger charge is -2.27. The van der Waals surface area contributed by atoms with E-state index < -0.39 is 0 Å². The number of hydrogen-bond donors (Lipinski definition) is 2. The molecule has 0 atom stereocenters. The molecular formula is C25H27N3O3. The maximum atomic E-state index is 13.1. The van der Waals surface area contributed by atoms with Crippen molar-refractivity contribution in [3.05, 3.63) is 77.4 Å². The van der Waals surface area contributed by atoms with E-state index in [1.165, 1.54) is 6.08 Å². The van der Waals surface area contributed by atoms with Crippen LogP contribution in [0.3, 0.4) is 0 Å². The van der Waals surface area contributed by atoms with E-state index >= 15 is 0 Å². The summed E-state index contributed by atoms with van der Waals surface area (Å²) in [6, 6.07) is 15.6. The molecule has 3 rings (SSSR count). The molecule has 0 aliphatic carbocycles. The summed E-state index contributed by atoms with van der Waals surface area (Å²) in [6.45, 7) is 3.03. The molecule has 0 bridgehead atoms. The molecule has 2 N–H and O–H groups in total. The van der Waals surface area contributed by atoms with Crippen molar-refractivity contribution in [1.82, 2.24) is 10.6 Å². The normalized spacial score (nSPS) is 13.5. The van der Waals surface area contributed by atoms with Gasteiger partial charge in [-0.3, -0.25) is 14.4 Å². The smallest absolute Gasteiger partial charge is 0.243 e. The maximum Gasteiger partial charge on any atom is 0.243 e. The van der Waals surface area contributed by atoms with Gasteiger partial charge >= 0.3 is 0 Å². The van der Waals surface area contributed by atoms with E-state index in [1.807, 2.05) is 54.6 Å². The molecule has 0 aromatic heterocycles. The summed E-state index contributed by atoms with van der Waals surface area (Å²) in [5.74, 6) is -0.737. The third kappa shape index (κ3) is 6.15. The largest absolute Gasteiger partial charge is 0.356 e. The lowest BCUT2D eigenvalue weighted by atomic mass is 10.0. The number of nitrogens with zero attached hydrogens (tertiary/aromatic N) is 1. The minimum Gasteiger partial charge on any atom is -0.356 e. The zero-order chi connectivity index (χ0) is 22.1. The predicted octanol–water partition coefficient (Wildman–Crippen LogP) is 3.29. The summed E-state index contributed by atoms with van der Waals surface area (Å²) in [7, 11) is 0. The second-order valence-corrected chi connectivity index (χ2v) is 7.24. The second-order valence-electron chi connectivity index (χ2n) is 7.24. The van der Waals surface area contributed by atoms with Gasteiger partial charge in [0.15, 0.2) is 0 Å². The van der Waals surface area contributed by atoms with Crippen molar-refractivity contribution < 1.29 is 14.4 Å². The molecule has 0 fully saturated rings. The molecule has 1 heterocycles. The Hall–Kier alpha value is -3.67. The van der Waals surface area contributed by atoms with Gasteiger partial charge in [-0.15, -0.1) is 0 Å². The van der Waals surface area contributed by atoms with Crippen LogP contribution >= 0.6 is 0 Å². The molecule has 2 aromatic carbocycles. The van der Waals surface area contributed by atoms with Crippen LogP contribution in [-0.4, -0.2) is 30.8 Å². The maximum absolute atomic E-state index is 13.1. The summed E-state index contributed by atoms with van der Waals surface area (Å²) in [6.07, 6.45) is 7.53. The number of rotatable bonds is 7. The Morgan fingerprint density at radius 1 is 0.935 bits per heavy atom. The Morgan fingerprint density at radius 3 is 2.42 bits per heavy atom. The van der Waals surface area contributed by atoms with Crippen molar-refractivity contribution in [2.45, 2.75) is 26.3 Å². The van der Waals surface area contributed by atoms with E-state index in [-0.39, 0.29) is 24.1 Å². The average molecular weight is 418 g/mol. The van der Waals surface area contributed by atoms with Crippen LogP contribution in [-0.2, 0) is 20.9 Å². The Labute approximate surface area is 182 Å². The molecular weight excluding hydrogens is 390 g/mol. The van der Waals surface area contributed by atoms with Gasteiger partial charge in [0.25, 0.3) is 0 Å². The molecule has 6 heteroatoms. The standard InChI is InChI=1S/C25H27N3O3/c1-2-8-23(29)26-15-7-16-27-24(30)17-25(31)28-18-21-11-4-3-9-19(21)13-14-20-10-5-6-12-22(20)28/h2-6,8-14H,7,15-18H2,1H3,(H,26,29)(H,27,30)/b8-2+,14-13-. The van der Waals surface area contributed by atoms with Crippen molar-refractivity contribution in [3.8, 4) is 0 Å². The van der Waals surface area contributed by atoms with Crippen molar-refractivity contribution in [2.75, 3.05) is 18.0 Å². The quantitative estimate of drug-likeness (QED) is 0.412. The number of anilines is 1. The Morgan fingerprint density at radius 2 is 1.61 bits per heavy atom. The van der Waals surface area contributed by atoms with Crippen LogP contribution < -0.4 is 15.5 Å². The molecule has 0 saturated carbocycles. The van der Waals surface area contributed by atoms with Gasteiger partial charge < -0.3 is 15.5 Å². The van der Waals surface area contributed by atoms with E-state index in [9.17, 15) is 14.4 Å². The predicted molar refractivity (Wildman–Crippen MR) is 123 cm³/mol. The van der Waals surface area contributed by atoms with Gasteiger partial charge in [-0.25, -0.2) is 0 Å². The Bertz CT molecular complexity index is 1010. The molecule has 0 saturated heterocycles. The minimum absolute atomic E-state index is 0.158. The Balaban J connectivity index is 1.62. The second kappa shape index (κ2) is 10.9. The highest BCUT2D eigenvalue weighted by molar-refractivity contribution is 6.06. The van der Waals surface area contributed by atoms with Gasteiger partial charge in [-0.05, 0) is 42.2 Å². The minimum atomic E-state index is -0.326. The molecule has 1 aliphatic rings. The lowest BCUT2D eigenvalue weighted by molar-refractivity contribution is -0.128. The third-order valence-corrected chi connectivity index (χ3v) is 4.96. The summed E-state index contributed by atoms with van der Waals surface area (Å²) >= 11 is 0. The van der Waals surface area contributed by atoms with E-state index in [4.69, 9.17) is 0 Å². The number of hydrogen-bond acceptors (Lipinski definition) is 3. The number of carbonyl (C=O) groups excluding carboxylic acids is 3. The fraction of sp³-hybridized carbons (Fsp3) is 0.240. The number of nitrogens with one attached hydrogen (secondary N) is 2. The molecule has 3 amide bonds. The monoisotopic (exact) mass is 417 g/mol. The topological polar surface area (TPSA) is 78.5 Å². The average Bonchev–Trinajstić information content (AvgIpc) is 2.75. The van der Waals surface area contributed by atoms with Gasteiger partial charge in [-0.1, -0.05) is 60.7 Å². The van der Waals surface area contributed by atoms with Gasteiger partial charge in [0, 0.05) is 13.1 Å². The van der Waals surface area contributed by atoms with E-state index in [0.717, 1.165) is 22.4 Å². The van der Waals surface area contributed by atoms with Crippen LogP contribution in [0.4, 0.5) is 5.69 Å². The van der Waals surface area contributed by atoms with E-state index in [0.29, 0.717) is 26.1 Å². The molecule has 160 valence electrons. The first-order chi connectivity index (χ1) is 15.1. The summed E-state index contributed by atoms with van der Waals surface area (Å²) in [5, 5.41) is 5.48. The van der Waals surface area contributed by atoms with Crippen LogP contribution in [0, 0.1) is 0 Å². The molecule has 0 radical (unpaired) electrons. The van der Waals surface area contributed by atoms with E-state index in [2.05, 4.69) is 16.7 Å². The Kier molecular flexibility index (Phi) is 7.76. The van der Waals surface area contributed by atoms with Crippen molar-refractivity contribution in [1.29, 1.82) is 0 Å². The molecule has 6 nitrogen and oxygen atoms in total. The number of benzene rings is 2. The van der Waals surface area contributed by atoms with Crippen molar-refractivity contribution in [3.63, 3.8) is 0 Å². The number of fused-ring (bicyclic) bond motifs is 2. The molecule has 0 spiro atoms. The van der Waals surface area contributed by atoms with Crippen LogP contribution in [0.25, 0.3) is 12.2 Å². The SMILES string of the molecule is C/C=C/C(=O)NCCCNC(=O)CC(=O)N1Cc2ccccc2/C=C\c2ccccc21. The van der Waals surface area contributed by atoms with Crippen molar-refractivity contribution >= 4 is 35.6 Å². The molecule has 0 unspecified atom stereocenters. The van der Waals surface area contributed by atoms with Crippen LogP contribution in [0.15, 0.2) is 60.7 Å². The highest BCUT2D eigenvalue weighted by Crippen LogP contribution is 2.29. The summed E-state index contributed by atoms with van der Waals surface area (Å²) in [5.41, 5.74) is 3.80. The number of allylic oxidation sites excluding steroid dienone is 1. The first-order valence-electron chi connectivity index (χ1n) is 10.4. The molecule has 2 aromatic rings.